The number of rotatable bonds is 16. The monoisotopic (exact) mass is 611 g/mol. The van der Waals surface area contributed by atoms with Crippen LogP contribution in [-0.4, -0.2) is 64.0 Å². The number of hydrogen-bond acceptors (Lipinski definition) is 7. The Labute approximate surface area is 252 Å². The molecule has 0 spiro atoms. The maximum absolute atomic E-state index is 14.0. The molecule has 1 aromatic carbocycles. The summed E-state index contributed by atoms with van der Waals surface area (Å²) in [5.41, 5.74) is 13.5. The van der Waals surface area contributed by atoms with Crippen molar-refractivity contribution in [2.24, 2.45) is 22.4 Å². The third-order valence-corrected chi connectivity index (χ3v) is 9.28. The average Bonchev–Trinajstić information content (AvgIpc) is 2.87. The second kappa shape index (κ2) is 15.4. The van der Waals surface area contributed by atoms with Crippen molar-refractivity contribution in [1.29, 1.82) is 0 Å². The molecule has 0 radical (unpaired) electrons. The van der Waals surface area contributed by atoms with Gasteiger partial charge in [-0.05, 0) is 109 Å². The molecule has 42 heavy (non-hydrogen) atoms. The Morgan fingerprint density at radius 3 is 2.24 bits per heavy atom. The van der Waals surface area contributed by atoms with E-state index in [1.165, 1.54) is 0 Å². The highest BCUT2D eigenvalue weighted by molar-refractivity contribution is 7.89. The van der Waals surface area contributed by atoms with Crippen LogP contribution in [0.4, 0.5) is 0 Å². The van der Waals surface area contributed by atoms with Gasteiger partial charge >= 0.3 is 0 Å². The van der Waals surface area contributed by atoms with Crippen molar-refractivity contribution in [2.75, 3.05) is 19.8 Å². The summed E-state index contributed by atoms with van der Waals surface area (Å²) in [6.45, 7) is 18.4. The number of aliphatic imine (C=N–C) groups is 1. The molecule has 0 saturated carbocycles. The molecule has 2 atom stereocenters. The van der Waals surface area contributed by atoms with Crippen molar-refractivity contribution in [3.63, 3.8) is 0 Å². The molecule has 1 aliphatic heterocycles. The van der Waals surface area contributed by atoms with Crippen LogP contribution in [0.1, 0.15) is 89.5 Å². The van der Waals surface area contributed by atoms with Crippen LogP contribution in [0.3, 0.4) is 0 Å². The van der Waals surface area contributed by atoms with Gasteiger partial charge in [0.25, 0.3) is 0 Å². The van der Waals surface area contributed by atoms with Crippen molar-refractivity contribution in [2.45, 2.75) is 123 Å². The number of carbonyl (C=O) groups excluding carboxylic acids is 1. The number of nitrogens with two attached hydrogens (primary N) is 2. The molecule has 2 rings (SSSR count). The smallest absolute Gasteiger partial charge is 0.241 e. The highest BCUT2D eigenvalue weighted by Crippen LogP contribution is 2.42. The van der Waals surface area contributed by atoms with E-state index in [0.29, 0.717) is 43.6 Å². The molecule has 1 heterocycles. The fourth-order valence-corrected chi connectivity index (χ4v) is 7.18. The molecule has 0 bridgehead atoms. The fourth-order valence-electron chi connectivity index (χ4n) is 5.38. The van der Waals surface area contributed by atoms with E-state index in [1.54, 1.807) is 6.92 Å². The predicted molar refractivity (Wildman–Crippen MR) is 166 cm³/mol. The van der Waals surface area contributed by atoms with E-state index in [0.717, 1.165) is 23.3 Å². The molecule has 0 saturated heterocycles. The van der Waals surface area contributed by atoms with Crippen LogP contribution in [-0.2, 0) is 30.7 Å². The number of guanidine groups is 1. The lowest BCUT2D eigenvalue weighted by Gasteiger charge is -2.36. The number of carbonyl (C=O) groups is 1. The van der Waals surface area contributed by atoms with Crippen LogP contribution in [0.5, 0.6) is 5.75 Å². The minimum absolute atomic E-state index is 0.0639. The van der Waals surface area contributed by atoms with Gasteiger partial charge < -0.3 is 31.0 Å². The van der Waals surface area contributed by atoms with Gasteiger partial charge in [-0.1, -0.05) is 13.8 Å². The predicted octanol–water partition coefficient (Wildman–Crippen LogP) is 3.35. The summed E-state index contributed by atoms with van der Waals surface area (Å²) >= 11 is 0. The summed E-state index contributed by atoms with van der Waals surface area (Å²) < 4.78 is 48.7. The first-order valence-electron chi connectivity index (χ1n) is 15.0. The summed E-state index contributed by atoms with van der Waals surface area (Å²) in [5.74, 6) is 0.451. The molecular weight excluding hydrogens is 558 g/mol. The zero-order valence-corrected chi connectivity index (χ0v) is 27.7. The first-order chi connectivity index (χ1) is 19.5. The minimum Gasteiger partial charge on any atom is -0.487 e. The Morgan fingerprint density at radius 1 is 1.07 bits per heavy atom. The zero-order valence-electron chi connectivity index (χ0n) is 26.9. The zero-order chi connectivity index (χ0) is 31.8. The molecule has 0 aliphatic carbocycles. The van der Waals surface area contributed by atoms with Gasteiger partial charge in [0.2, 0.25) is 15.9 Å². The largest absolute Gasteiger partial charge is 0.487 e. The number of fused-ring (bicyclic) bond motifs is 1. The van der Waals surface area contributed by atoms with Crippen LogP contribution < -0.4 is 26.2 Å². The fraction of sp³-hybridized carbons (Fsp3) is 0.733. The molecular formula is C30H53N5O6S. The molecule has 0 fully saturated rings. The Morgan fingerprint density at radius 2 is 1.69 bits per heavy atom. The summed E-state index contributed by atoms with van der Waals surface area (Å²) in [5, 5.41) is 3.02. The number of sulfonamides is 1. The molecule has 1 amide bonds. The van der Waals surface area contributed by atoms with Gasteiger partial charge in [-0.25, -0.2) is 8.42 Å². The lowest BCUT2D eigenvalue weighted by atomic mass is 9.88. The van der Waals surface area contributed by atoms with Crippen LogP contribution in [0.25, 0.3) is 0 Å². The van der Waals surface area contributed by atoms with Crippen LogP contribution in [0.2, 0.25) is 0 Å². The van der Waals surface area contributed by atoms with E-state index in [1.807, 2.05) is 55.4 Å². The van der Waals surface area contributed by atoms with Gasteiger partial charge in [-0.2, -0.15) is 4.72 Å². The highest BCUT2D eigenvalue weighted by Gasteiger charge is 2.36. The number of hydrogen-bond donors (Lipinski definition) is 4. The molecule has 11 nitrogen and oxygen atoms in total. The van der Waals surface area contributed by atoms with Gasteiger partial charge in [-0.15, -0.1) is 0 Å². The lowest BCUT2D eigenvalue weighted by Crippen LogP contribution is -2.54. The molecule has 0 aromatic heterocycles. The lowest BCUT2D eigenvalue weighted by molar-refractivity contribution is -0.161. The van der Waals surface area contributed by atoms with Gasteiger partial charge in [0.15, 0.2) is 12.2 Å². The molecule has 0 unspecified atom stereocenters. The van der Waals surface area contributed by atoms with Crippen molar-refractivity contribution >= 4 is 21.9 Å². The number of nitrogens with zero attached hydrogens (tertiary/aromatic N) is 1. The topological polar surface area (TPSA) is 167 Å². The quantitative estimate of drug-likeness (QED) is 0.0955. The third kappa shape index (κ3) is 9.55. The Balaban J connectivity index is 2.47. The van der Waals surface area contributed by atoms with Crippen molar-refractivity contribution in [1.82, 2.24) is 10.0 Å². The molecule has 1 aliphatic rings. The van der Waals surface area contributed by atoms with Crippen molar-refractivity contribution in [3.8, 4) is 5.75 Å². The summed E-state index contributed by atoms with van der Waals surface area (Å²) in [4.78, 5) is 18.0. The highest BCUT2D eigenvalue weighted by atomic mass is 32.2. The van der Waals surface area contributed by atoms with Crippen LogP contribution in [0, 0.1) is 26.7 Å². The van der Waals surface area contributed by atoms with Gasteiger partial charge in [0, 0.05) is 19.8 Å². The van der Waals surface area contributed by atoms with Gasteiger partial charge in [0.1, 0.15) is 17.4 Å². The number of benzene rings is 1. The van der Waals surface area contributed by atoms with Gasteiger partial charge in [-0.3, -0.25) is 9.79 Å². The van der Waals surface area contributed by atoms with Crippen molar-refractivity contribution in [3.05, 3.63) is 22.3 Å². The van der Waals surface area contributed by atoms with Gasteiger partial charge in [0.05, 0.1) is 10.9 Å². The summed E-state index contributed by atoms with van der Waals surface area (Å²) in [6.07, 6.45) is 1.96. The van der Waals surface area contributed by atoms with E-state index >= 15 is 0 Å². The van der Waals surface area contributed by atoms with E-state index in [2.05, 4.69) is 15.0 Å². The first-order valence-corrected chi connectivity index (χ1v) is 16.5. The Hall–Kier alpha value is -2.41. The van der Waals surface area contributed by atoms with E-state index in [4.69, 9.17) is 25.7 Å². The Bertz CT molecular complexity index is 1210. The molecule has 240 valence electrons. The second-order valence-corrected chi connectivity index (χ2v) is 13.7. The van der Waals surface area contributed by atoms with E-state index in [9.17, 15) is 13.2 Å². The average molecular weight is 612 g/mol. The normalized spacial score (nSPS) is 16.1. The Kier molecular flexibility index (Phi) is 13.1. The third-order valence-electron chi connectivity index (χ3n) is 7.54. The minimum atomic E-state index is -4.12. The number of nitrogens with one attached hydrogen (secondary N) is 2. The van der Waals surface area contributed by atoms with E-state index < -0.39 is 34.3 Å². The molecule has 12 heteroatoms. The number of amides is 1. The maximum atomic E-state index is 14.0. The second-order valence-electron chi connectivity index (χ2n) is 12.0. The van der Waals surface area contributed by atoms with Crippen LogP contribution in [0.15, 0.2) is 9.89 Å². The first kappa shape index (κ1) is 35.8. The molecule has 6 N–H and O–H groups in total. The SMILES string of the molecule is CCOC(OCC)[C@H](CC(C)C)NC(=O)[C@H](CCCN=C(N)N)NS(=O)(=O)c1c(C)c(C)c2c(c1C)CCC(C)(C)O2. The number of ether oxygens (including phenoxy) is 3. The maximum Gasteiger partial charge on any atom is 0.241 e. The standard InChI is InChI=1S/C30H53N5O6S/c1-10-39-28(40-11-2)24(17-18(3)4)34-27(36)23(13-12-16-33-29(31)32)35-42(37,38)26-20(6)19(5)25-22(21(26)7)14-15-30(8,9)41-25/h18,23-24,28,35H,10-17H2,1-9H3,(H,34,36)(H4,31,32,33)/t23-,24-/m0/s1. The van der Waals surface area contributed by atoms with E-state index in [-0.39, 0.29) is 35.3 Å². The van der Waals surface area contributed by atoms with Crippen LogP contribution >= 0.6 is 0 Å². The summed E-state index contributed by atoms with van der Waals surface area (Å²) in [6, 6.07) is -1.55. The summed E-state index contributed by atoms with van der Waals surface area (Å²) in [7, 11) is -4.12. The van der Waals surface area contributed by atoms with Crippen molar-refractivity contribution < 1.29 is 27.4 Å². The molecule has 1 aromatic rings.